The third-order valence-corrected chi connectivity index (χ3v) is 2.69. The number of allylic oxidation sites excluding steroid dienone is 2. The Bertz CT molecular complexity index is 641. The molecule has 0 atom stereocenters. The van der Waals surface area contributed by atoms with Crippen molar-refractivity contribution in [1.82, 2.24) is 0 Å². The molecule has 20 heavy (non-hydrogen) atoms. The Morgan fingerprint density at radius 3 is 2.60 bits per heavy atom. The summed E-state index contributed by atoms with van der Waals surface area (Å²) in [6.45, 7) is 2.51. The van der Waals surface area contributed by atoms with Crippen LogP contribution >= 0.6 is 0 Å². The largest absolute Gasteiger partial charge is 0.501 e. The van der Waals surface area contributed by atoms with Crippen LogP contribution in [0.15, 0.2) is 67.1 Å². The molecule has 0 amide bonds. The molecule has 0 aliphatic carbocycles. The van der Waals surface area contributed by atoms with Crippen molar-refractivity contribution in [3.8, 4) is 0 Å². The predicted octanol–water partition coefficient (Wildman–Crippen LogP) is 4.06. The molecule has 0 aliphatic heterocycles. The lowest BCUT2D eigenvalue weighted by Gasteiger charge is -2.01. The van der Waals surface area contributed by atoms with Crippen LogP contribution < -0.4 is 0 Å². The highest BCUT2D eigenvalue weighted by Gasteiger charge is 2.05. The van der Waals surface area contributed by atoms with Crippen LogP contribution in [-0.4, -0.2) is 12.6 Å². The molecule has 0 radical (unpaired) electrons. The number of hydrogen-bond acceptors (Lipinski definition) is 3. The summed E-state index contributed by atoms with van der Waals surface area (Å²) in [5.74, 6) is -0.378. The van der Waals surface area contributed by atoms with Crippen LogP contribution in [0, 0.1) is 0 Å². The minimum absolute atomic E-state index is 0.378. The lowest BCUT2D eigenvalue weighted by Crippen LogP contribution is -1.99. The maximum absolute atomic E-state index is 11.8. The normalized spacial score (nSPS) is 11.2. The summed E-state index contributed by atoms with van der Waals surface area (Å²) >= 11 is 0. The van der Waals surface area contributed by atoms with Gasteiger partial charge in [-0.1, -0.05) is 30.3 Å². The highest BCUT2D eigenvalue weighted by molar-refractivity contribution is 5.95. The summed E-state index contributed by atoms with van der Waals surface area (Å²) in [6.07, 6.45) is 6.15. The first-order valence-electron chi connectivity index (χ1n) is 6.44. The fourth-order valence-electron chi connectivity index (χ4n) is 1.73. The predicted molar refractivity (Wildman–Crippen MR) is 79.3 cm³/mol. The van der Waals surface area contributed by atoms with E-state index in [4.69, 9.17) is 9.47 Å². The van der Waals surface area contributed by atoms with Crippen LogP contribution in [0.3, 0.4) is 0 Å². The molecular formula is C17H16O3. The maximum Gasteiger partial charge on any atom is 0.342 e. The van der Waals surface area contributed by atoms with E-state index in [2.05, 4.69) is 0 Å². The Morgan fingerprint density at radius 1 is 1.05 bits per heavy atom. The van der Waals surface area contributed by atoms with Crippen molar-refractivity contribution >= 4 is 16.7 Å². The Morgan fingerprint density at radius 2 is 1.80 bits per heavy atom. The van der Waals surface area contributed by atoms with Gasteiger partial charge in [-0.2, -0.15) is 0 Å². The molecule has 0 unspecified atom stereocenters. The lowest BCUT2D eigenvalue weighted by molar-refractivity contribution is 0.0663. The van der Waals surface area contributed by atoms with E-state index >= 15 is 0 Å². The van der Waals surface area contributed by atoms with E-state index in [0.717, 1.165) is 10.8 Å². The molecule has 2 aromatic rings. The molecule has 0 fully saturated rings. The van der Waals surface area contributed by atoms with Crippen LogP contribution in [0.1, 0.15) is 17.3 Å². The molecule has 2 aromatic carbocycles. The minimum atomic E-state index is -0.378. The molecule has 0 N–H and O–H groups in total. The molecule has 0 aliphatic rings. The first-order chi connectivity index (χ1) is 9.81. The summed E-state index contributed by atoms with van der Waals surface area (Å²) in [6, 6.07) is 13.4. The van der Waals surface area contributed by atoms with E-state index in [1.165, 1.54) is 6.26 Å². The number of esters is 1. The number of fused-ring (bicyclic) bond motifs is 1. The van der Waals surface area contributed by atoms with Gasteiger partial charge < -0.3 is 9.47 Å². The van der Waals surface area contributed by atoms with Crippen molar-refractivity contribution in [3.63, 3.8) is 0 Å². The van der Waals surface area contributed by atoms with Crippen LogP contribution in [0.5, 0.6) is 0 Å². The third-order valence-electron chi connectivity index (χ3n) is 2.69. The summed E-state index contributed by atoms with van der Waals surface area (Å²) in [5.41, 5.74) is 0.530. The van der Waals surface area contributed by atoms with Gasteiger partial charge in [-0.05, 0) is 42.0 Å². The van der Waals surface area contributed by atoms with Gasteiger partial charge in [0.1, 0.15) is 0 Å². The monoisotopic (exact) mass is 268 g/mol. The maximum atomic E-state index is 11.8. The zero-order valence-electron chi connectivity index (χ0n) is 11.3. The number of ether oxygens (including phenoxy) is 2. The number of hydrogen-bond donors (Lipinski definition) is 0. The molecule has 0 saturated heterocycles. The molecule has 2 rings (SSSR count). The van der Waals surface area contributed by atoms with Gasteiger partial charge in [-0.25, -0.2) is 4.79 Å². The highest BCUT2D eigenvalue weighted by atomic mass is 16.5. The average Bonchev–Trinajstić information content (AvgIpc) is 2.50. The van der Waals surface area contributed by atoms with Crippen molar-refractivity contribution in [3.05, 3.63) is 72.7 Å². The molecular weight excluding hydrogens is 252 g/mol. The third kappa shape index (κ3) is 3.72. The van der Waals surface area contributed by atoms with Crippen molar-refractivity contribution in [1.29, 1.82) is 0 Å². The van der Waals surface area contributed by atoms with Crippen molar-refractivity contribution in [2.24, 2.45) is 0 Å². The standard InChI is InChI=1S/C17H16O3/c1-2-19-11-5-6-12-20-17(18)16-10-9-14-7-3-4-8-15(14)13-16/h3-13H,2H2,1H3. The van der Waals surface area contributed by atoms with E-state index in [9.17, 15) is 4.79 Å². The molecule has 3 nitrogen and oxygen atoms in total. The minimum Gasteiger partial charge on any atom is -0.501 e. The summed E-state index contributed by atoms with van der Waals surface area (Å²) in [5, 5.41) is 2.11. The number of rotatable bonds is 5. The Hall–Kier alpha value is -2.55. The molecule has 0 bridgehead atoms. The molecule has 102 valence electrons. The highest BCUT2D eigenvalue weighted by Crippen LogP contribution is 2.16. The summed E-state index contributed by atoms with van der Waals surface area (Å²) in [7, 11) is 0. The van der Waals surface area contributed by atoms with Crippen LogP contribution in [-0.2, 0) is 9.47 Å². The van der Waals surface area contributed by atoms with Gasteiger partial charge in [0.25, 0.3) is 0 Å². The second kappa shape index (κ2) is 7.14. The quantitative estimate of drug-likeness (QED) is 0.466. The van der Waals surface area contributed by atoms with E-state index in [-0.39, 0.29) is 5.97 Å². The van der Waals surface area contributed by atoms with Gasteiger partial charge in [-0.3, -0.25) is 0 Å². The second-order valence-corrected chi connectivity index (χ2v) is 4.08. The number of carbonyl (C=O) groups is 1. The van der Waals surface area contributed by atoms with Gasteiger partial charge >= 0.3 is 5.97 Å². The fraction of sp³-hybridized carbons (Fsp3) is 0.118. The molecule has 0 saturated carbocycles. The van der Waals surface area contributed by atoms with E-state index in [0.29, 0.717) is 12.2 Å². The van der Waals surface area contributed by atoms with Gasteiger partial charge in [-0.15, -0.1) is 0 Å². The van der Waals surface area contributed by atoms with Crippen molar-refractivity contribution < 1.29 is 14.3 Å². The topological polar surface area (TPSA) is 35.5 Å². The molecule has 0 aromatic heterocycles. The van der Waals surface area contributed by atoms with Gasteiger partial charge in [0.15, 0.2) is 0 Å². The van der Waals surface area contributed by atoms with Crippen molar-refractivity contribution in [2.45, 2.75) is 6.92 Å². The second-order valence-electron chi connectivity index (χ2n) is 4.08. The van der Waals surface area contributed by atoms with Gasteiger partial charge in [0.05, 0.1) is 24.7 Å². The van der Waals surface area contributed by atoms with E-state index in [1.807, 2.05) is 43.3 Å². The average molecular weight is 268 g/mol. The van der Waals surface area contributed by atoms with Gasteiger partial charge in [0, 0.05) is 0 Å². The Kier molecular flexibility index (Phi) is 4.95. The van der Waals surface area contributed by atoms with Crippen molar-refractivity contribution in [2.75, 3.05) is 6.61 Å². The fourth-order valence-corrected chi connectivity index (χ4v) is 1.73. The SMILES string of the molecule is CCOC=CC=COC(=O)c1ccc2ccccc2c1. The van der Waals surface area contributed by atoms with Crippen LogP contribution in [0.4, 0.5) is 0 Å². The zero-order chi connectivity index (χ0) is 14.2. The van der Waals surface area contributed by atoms with E-state index < -0.39 is 0 Å². The lowest BCUT2D eigenvalue weighted by atomic mass is 10.1. The first-order valence-corrected chi connectivity index (χ1v) is 6.44. The molecule has 0 heterocycles. The molecule has 0 spiro atoms. The smallest absolute Gasteiger partial charge is 0.342 e. The van der Waals surface area contributed by atoms with Gasteiger partial charge in [0.2, 0.25) is 0 Å². The first kappa shape index (κ1) is 13.9. The van der Waals surface area contributed by atoms with Crippen LogP contribution in [0.2, 0.25) is 0 Å². The number of benzene rings is 2. The number of carbonyl (C=O) groups excluding carboxylic acids is 1. The van der Waals surface area contributed by atoms with E-state index in [1.54, 1.807) is 24.5 Å². The summed E-state index contributed by atoms with van der Waals surface area (Å²) < 4.78 is 10.0. The Labute approximate surface area is 118 Å². The van der Waals surface area contributed by atoms with Crippen LogP contribution in [0.25, 0.3) is 10.8 Å². The Balaban J connectivity index is 2.00. The summed E-state index contributed by atoms with van der Waals surface area (Å²) in [4.78, 5) is 11.8. The molecule has 3 heteroatoms. The zero-order valence-corrected chi connectivity index (χ0v) is 11.3.